The third-order valence-corrected chi connectivity index (χ3v) is 1.88. The summed E-state index contributed by atoms with van der Waals surface area (Å²) >= 11 is 0. The van der Waals surface area contributed by atoms with E-state index in [2.05, 4.69) is 31.8 Å². The van der Waals surface area contributed by atoms with Gasteiger partial charge in [0.25, 0.3) is 0 Å². The first-order valence-electron chi connectivity index (χ1n) is 4.01. The van der Waals surface area contributed by atoms with Crippen molar-refractivity contribution in [2.24, 2.45) is 16.1 Å². The van der Waals surface area contributed by atoms with Crippen molar-refractivity contribution in [2.45, 2.75) is 27.2 Å². The van der Waals surface area contributed by atoms with Crippen molar-refractivity contribution >= 4 is 5.71 Å². The van der Waals surface area contributed by atoms with Gasteiger partial charge < -0.3 is 5.73 Å². The number of hydrogen-bond donors (Lipinski definition) is 1. The summed E-state index contributed by atoms with van der Waals surface area (Å²) in [7, 11) is 0. The quantitative estimate of drug-likeness (QED) is 0.610. The summed E-state index contributed by atoms with van der Waals surface area (Å²) < 4.78 is 0. The molecule has 0 radical (unpaired) electrons. The summed E-state index contributed by atoms with van der Waals surface area (Å²) in [4.78, 5) is 4.43. The van der Waals surface area contributed by atoms with Crippen molar-refractivity contribution in [2.75, 3.05) is 6.54 Å². The normalized spacial score (nSPS) is 18.2. The third-order valence-electron chi connectivity index (χ3n) is 1.88. The number of aliphatic imine (C=N–C) groups is 1. The van der Waals surface area contributed by atoms with Crippen LogP contribution in [0.25, 0.3) is 0 Å². The molecule has 0 aromatic carbocycles. The van der Waals surface area contributed by atoms with Gasteiger partial charge in [0.1, 0.15) is 0 Å². The summed E-state index contributed by atoms with van der Waals surface area (Å²) in [5.74, 6) is 0. The Hall–Kier alpha value is -0.630. The van der Waals surface area contributed by atoms with Crippen LogP contribution in [-0.4, -0.2) is 12.3 Å². The molecule has 0 aromatic heterocycles. The molecule has 0 saturated carbocycles. The summed E-state index contributed by atoms with van der Waals surface area (Å²) in [6.07, 6.45) is 3.09. The molecule has 1 heterocycles. The van der Waals surface area contributed by atoms with E-state index in [4.69, 9.17) is 5.73 Å². The molecule has 0 aliphatic carbocycles. The van der Waals surface area contributed by atoms with Crippen LogP contribution >= 0.6 is 0 Å². The zero-order valence-corrected chi connectivity index (χ0v) is 7.52. The first-order valence-corrected chi connectivity index (χ1v) is 4.01. The molecule has 2 N–H and O–H groups in total. The van der Waals surface area contributed by atoms with Gasteiger partial charge in [-0.05, 0) is 0 Å². The Bertz CT molecular complexity index is 206. The zero-order valence-electron chi connectivity index (χ0n) is 7.52. The molecule has 1 rings (SSSR count). The van der Waals surface area contributed by atoms with Crippen molar-refractivity contribution in [3.8, 4) is 0 Å². The van der Waals surface area contributed by atoms with Crippen LogP contribution in [0, 0.1) is 5.41 Å². The van der Waals surface area contributed by atoms with Crippen molar-refractivity contribution < 1.29 is 0 Å². The molecule has 62 valence electrons. The molecule has 0 aromatic rings. The van der Waals surface area contributed by atoms with E-state index < -0.39 is 0 Å². The molecule has 1 aliphatic heterocycles. The molecule has 0 bridgehead atoms. The maximum absolute atomic E-state index is 5.46. The monoisotopic (exact) mass is 152 g/mol. The third kappa shape index (κ3) is 1.90. The van der Waals surface area contributed by atoms with Crippen molar-refractivity contribution in [1.29, 1.82) is 0 Å². The van der Waals surface area contributed by atoms with Gasteiger partial charge in [0.15, 0.2) is 0 Å². The minimum absolute atomic E-state index is 0.202. The summed E-state index contributed by atoms with van der Waals surface area (Å²) in [5.41, 5.74) is 7.95. The zero-order chi connectivity index (χ0) is 8.48. The lowest BCUT2D eigenvalue weighted by molar-refractivity contribution is 0.584. The number of allylic oxidation sites excluding steroid dienone is 1. The smallest absolute Gasteiger partial charge is 0.0503 e. The molecule has 0 amide bonds. The molecule has 0 atom stereocenters. The van der Waals surface area contributed by atoms with Gasteiger partial charge >= 0.3 is 0 Å². The average molecular weight is 152 g/mol. The van der Waals surface area contributed by atoms with Gasteiger partial charge in [-0.3, -0.25) is 4.99 Å². The van der Waals surface area contributed by atoms with Crippen molar-refractivity contribution in [1.82, 2.24) is 0 Å². The van der Waals surface area contributed by atoms with Gasteiger partial charge in [0.2, 0.25) is 0 Å². The van der Waals surface area contributed by atoms with Gasteiger partial charge in [-0.15, -0.1) is 0 Å². The predicted molar refractivity (Wildman–Crippen MR) is 48.6 cm³/mol. The van der Waals surface area contributed by atoms with Crippen LogP contribution in [0.3, 0.4) is 0 Å². The summed E-state index contributed by atoms with van der Waals surface area (Å²) in [6.45, 7) is 7.11. The Balaban J connectivity index is 2.69. The number of nitrogens with two attached hydrogens (primary N) is 1. The van der Waals surface area contributed by atoms with Gasteiger partial charge in [0.05, 0.1) is 5.70 Å². The molecule has 0 saturated heterocycles. The minimum Gasteiger partial charge on any atom is -0.325 e. The van der Waals surface area contributed by atoms with E-state index in [9.17, 15) is 0 Å². The molecule has 2 heteroatoms. The van der Waals surface area contributed by atoms with E-state index in [0.29, 0.717) is 6.54 Å². The lowest BCUT2D eigenvalue weighted by Gasteiger charge is -2.17. The Kier molecular flexibility index (Phi) is 2.14. The lowest BCUT2D eigenvalue weighted by Crippen LogP contribution is -2.18. The van der Waals surface area contributed by atoms with Gasteiger partial charge in [-0.2, -0.15) is 0 Å². The van der Waals surface area contributed by atoms with Crippen molar-refractivity contribution in [3.63, 3.8) is 0 Å². The van der Waals surface area contributed by atoms with Crippen LogP contribution < -0.4 is 5.73 Å². The molecule has 0 unspecified atom stereocenters. The Morgan fingerprint density at radius 3 is 2.45 bits per heavy atom. The second-order valence-electron chi connectivity index (χ2n) is 3.91. The Labute approximate surface area is 68.2 Å². The summed E-state index contributed by atoms with van der Waals surface area (Å²) in [5, 5.41) is 0. The number of hydrogen-bond acceptors (Lipinski definition) is 2. The molecule has 11 heavy (non-hydrogen) atoms. The van der Waals surface area contributed by atoms with Gasteiger partial charge in [-0.25, -0.2) is 0 Å². The number of rotatable bonds is 1. The van der Waals surface area contributed by atoms with E-state index in [1.807, 2.05) is 0 Å². The van der Waals surface area contributed by atoms with Gasteiger partial charge in [0, 0.05) is 24.1 Å². The van der Waals surface area contributed by atoms with E-state index in [1.165, 1.54) is 5.71 Å². The van der Waals surface area contributed by atoms with Crippen LogP contribution in [-0.2, 0) is 0 Å². The highest BCUT2D eigenvalue weighted by Crippen LogP contribution is 2.24. The van der Waals surface area contributed by atoms with Crippen molar-refractivity contribution in [3.05, 3.63) is 11.8 Å². The molecular weight excluding hydrogens is 136 g/mol. The van der Waals surface area contributed by atoms with Gasteiger partial charge in [-0.1, -0.05) is 26.8 Å². The first kappa shape index (κ1) is 8.47. The summed E-state index contributed by atoms with van der Waals surface area (Å²) in [6, 6.07) is 0. The Morgan fingerprint density at radius 1 is 1.55 bits per heavy atom. The maximum Gasteiger partial charge on any atom is 0.0503 e. The van der Waals surface area contributed by atoms with Crippen LogP contribution in [0.2, 0.25) is 0 Å². The fourth-order valence-corrected chi connectivity index (χ4v) is 1.08. The molecule has 1 aliphatic rings. The SMILES string of the molecule is CC(C)(C)C1=NC(CN)=CC1. The van der Waals surface area contributed by atoms with Crippen LogP contribution in [0.1, 0.15) is 27.2 Å². The second-order valence-corrected chi connectivity index (χ2v) is 3.91. The Morgan fingerprint density at radius 2 is 2.18 bits per heavy atom. The van der Waals surface area contributed by atoms with E-state index in [-0.39, 0.29) is 5.41 Å². The fraction of sp³-hybridized carbons (Fsp3) is 0.667. The van der Waals surface area contributed by atoms with E-state index in [0.717, 1.165) is 12.1 Å². The topological polar surface area (TPSA) is 38.4 Å². The molecule has 2 nitrogen and oxygen atoms in total. The highest BCUT2D eigenvalue weighted by molar-refractivity contribution is 5.93. The lowest BCUT2D eigenvalue weighted by atomic mass is 9.89. The van der Waals surface area contributed by atoms with Crippen LogP contribution in [0.4, 0.5) is 0 Å². The molecule has 0 fully saturated rings. The maximum atomic E-state index is 5.46. The fourth-order valence-electron chi connectivity index (χ4n) is 1.08. The standard InChI is InChI=1S/C9H16N2/c1-9(2,3)8-5-4-7(6-10)11-8/h4H,5-6,10H2,1-3H3. The highest BCUT2D eigenvalue weighted by atomic mass is 14.8. The number of nitrogens with zero attached hydrogens (tertiary/aromatic N) is 1. The second kappa shape index (κ2) is 2.78. The van der Waals surface area contributed by atoms with E-state index in [1.54, 1.807) is 0 Å². The average Bonchev–Trinajstić information content (AvgIpc) is 2.32. The van der Waals surface area contributed by atoms with Crippen LogP contribution in [0.15, 0.2) is 16.8 Å². The highest BCUT2D eigenvalue weighted by Gasteiger charge is 2.20. The predicted octanol–water partition coefficient (Wildman–Crippen LogP) is 1.72. The minimum atomic E-state index is 0.202. The molecule has 0 spiro atoms. The van der Waals surface area contributed by atoms with Crippen LogP contribution in [0.5, 0.6) is 0 Å². The first-order chi connectivity index (χ1) is 5.04. The molecular formula is C9H16N2. The largest absolute Gasteiger partial charge is 0.325 e. The van der Waals surface area contributed by atoms with E-state index >= 15 is 0 Å².